The molecular weight excluding hydrogens is 1410 g/mol. The Morgan fingerprint density at radius 3 is 0.779 bits per heavy atom. The Hall–Kier alpha value is -14.2. The van der Waals surface area contributed by atoms with Crippen LogP contribution in [0.25, 0.3) is 56.7 Å². The number of nitrogens with zero attached hydrogens (tertiary/aromatic N) is 2. The van der Waals surface area contributed by atoms with Gasteiger partial charge in [0.05, 0.1) is 27.6 Å². The van der Waals surface area contributed by atoms with E-state index in [2.05, 4.69) is 98.1 Å². The molecule has 0 N–H and O–H groups in total. The third-order valence-corrected chi connectivity index (χ3v) is 23.3. The molecule has 4 nitrogen and oxygen atoms in total. The number of rotatable bonds is 16. The van der Waals surface area contributed by atoms with Gasteiger partial charge in [-0.1, -0.05) is 219 Å². The van der Waals surface area contributed by atoms with Crippen molar-refractivity contribution in [3.8, 4) is 67.5 Å². The smallest absolute Gasteiger partial charge is 0.147 e. The van der Waals surface area contributed by atoms with E-state index in [0.717, 1.165) is 147 Å². The first kappa shape index (κ1) is 68.1. The zero-order chi connectivity index (χ0) is 76.4. The minimum absolute atomic E-state index is 0.0556. The summed E-state index contributed by atoms with van der Waals surface area (Å²) in [7, 11) is 0. The topological polar surface area (TPSA) is 24.9 Å². The molecule has 0 radical (unpaired) electrons. The van der Waals surface area contributed by atoms with E-state index in [0.29, 0.717) is 45.7 Å². The minimum Gasteiger partial charge on any atom is -0.457 e. The highest BCUT2D eigenvalue weighted by molar-refractivity contribution is 5.99. The van der Waals surface area contributed by atoms with Gasteiger partial charge in [-0.15, -0.1) is 0 Å². The number of halogens is 6. The van der Waals surface area contributed by atoms with E-state index >= 15 is 26.3 Å². The summed E-state index contributed by atoms with van der Waals surface area (Å²) in [5.41, 5.74) is 18.1. The van der Waals surface area contributed by atoms with Gasteiger partial charge in [0.2, 0.25) is 0 Å². The maximum Gasteiger partial charge on any atom is 0.147 e. The number of hydrogen-bond donors (Lipinski definition) is 0. The molecule has 20 rings (SSSR count). The lowest BCUT2D eigenvalue weighted by Gasteiger charge is -2.35. The summed E-state index contributed by atoms with van der Waals surface area (Å²) in [6.07, 6.45) is 3.55. The molecule has 4 aliphatic rings. The van der Waals surface area contributed by atoms with Crippen molar-refractivity contribution in [2.45, 2.75) is 16.2 Å². The van der Waals surface area contributed by atoms with Crippen LogP contribution in [-0.2, 0) is 16.2 Å². The molecule has 0 aliphatic heterocycles. The van der Waals surface area contributed by atoms with E-state index in [1.165, 1.54) is 36.4 Å². The molecule has 0 fully saturated rings. The van der Waals surface area contributed by atoms with Crippen LogP contribution in [0.1, 0.15) is 77.9 Å². The average Bonchev–Trinajstić information content (AvgIpc) is 1.51. The molecule has 10 heteroatoms. The molecule has 0 bridgehead atoms. The second-order valence-electron chi connectivity index (χ2n) is 29.0. The van der Waals surface area contributed by atoms with Crippen LogP contribution in [0.2, 0.25) is 0 Å². The van der Waals surface area contributed by atoms with E-state index in [4.69, 9.17) is 9.47 Å². The Morgan fingerprint density at radius 1 is 0.230 bits per heavy atom. The zero-order valence-corrected chi connectivity index (χ0v) is 60.5. The third kappa shape index (κ3) is 10.5. The predicted molar refractivity (Wildman–Crippen MR) is 440 cm³/mol. The summed E-state index contributed by atoms with van der Waals surface area (Å²) in [5, 5.41) is 0. The highest BCUT2D eigenvalue weighted by Gasteiger charge is 2.54. The van der Waals surface area contributed by atoms with Crippen molar-refractivity contribution >= 4 is 46.3 Å². The first-order chi connectivity index (χ1) is 55.3. The van der Waals surface area contributed by atoms with Crippen molar-refractivity contribution in [3.63, 3.8) is 0 Å². The van der Waals surface area contributed by atoms with Gasteiger partial charge in [-0.2, -0.15) is 0 Å². The summed E-state index contributed by atoms with van der Waals surface area (Å²) in [6.45, 7) is 7.80. The van der Waals surface area contributed by atoms with Crippen LogP contribution in [0.4, 0.5) is 60.5 Å². The fraction of sp³-hybridized carbons (Fsp3) is 0.0291. The van der Waals surface area contributed by atoms with Crippen LogP contribution < -0.4 is 19.3 Å². The molecule has 0 aromatic heterocycles. The Balaban J connectivity index is 0.775. The molecule has 0 amide bonds. The van der Waals surface area contributed by atoms with E-state index < -0.39 is 51.1 Å². The maximum atomic E-state index is 17.6. The maximum absolute atomic E-state index is 17.6. The summed E-state index contributed by atoms with van der Waals surface area (Å²) in [4.78, 5) is 3.55. The Kier molecular flexibility index (Phi) is 16.0. The molecule has 1 spiro atoms. The fourth-order valence-corrected chi connectivity index (χ4v) is 18.5. The summed E-state index contributed by atoms with van der Waals surface area (Å²) >= 11 is 0. The lowest BCUT2D eigenvalue weighted by Crippen LogP contribution is -2.29. The van der Waals surface area contributed by atoms with Crippen LogP contribution in [0.5, 0.6) is 23.0 Å². The van der Waals surface area contributed by atoms with Gasteiger partial charge >= 0.3 is 0 Å². The third-order valence-electron chi connectivity index (χ3n) is 23.3. The fourth-order valence-electron chi connectivity index (χ4n) is 18.5. The summed E-state index contributed by atoms with van der Waals surface area (Å²) < 4.78 is 112. The van der Waals surface area contributed by atoms with Crippen molar-refractivity contribution < 1.29 is 35.8 Å². The molecule has 540 valence electrons. The van der Waals surface area contributed by atoms with Gasteiger partial charge in [0.1, 0.15) is 57.9 Å². The predicted octanol–water partition coefficient (Wildman–Crippen LogP) is 27.4. The van der Waals surface area contributed by atoms with Crippen LogP contribution in [0, 0.1) is 34.9 Å². The van der Waals surface area contributed by atoms with Crippen LogP contribution >= 0.6 is 0 Å². The molecule has 4 aliphatic carbocycles. The normalized spacial score (nSPS) is 16.1. The van der Waals surface area contributed by atoms with Gasteiger partial charge in [-0.25, -0.2) is 26.3 Å². The largest absolute Gasteiger partial charge is 0.457 e. The van der Waals surface area contributed by atoms with E-state index in [1.807, 2.05) is 206 Å². The van der Waals surface area contributed by atoms with Gasteiger partial charge in [-0.3, -0.25) is 0 Å². The van der Waals surface area contributed by atoms with Gasteiger partial charge in [0, 0.05) is 34.9 Å². The Bertz CT molecular complexity index is 6160. The van der Waals surface area contributed by atoms with Crippen molar-refractivity contribution in [1.29, 1.82) is 0 Å². The zero-order valence-electron chi connectivity index (χ0n) is 60.5. The number of anilines is 6. The first-order valence-corrected chi connectivity index (χ1v) is 37.4. The van der Waals surface area contributed by atoms with Crippen molar-refractivity contribution in [1.82, 2.24) is 0 Å². The molecule has 113 heavy (non-hydrogen) atoms. The van der Waals surface area contributed by atoms with Crippen molar-refractivity contribution in [2.24, 2.45) is 0 Å². The van der Waals surface area contributed by atoms with Gasteiger partial charge < -0.3 is 19.3 Å². The Morgan fingerprint density at radius 2 is 0.478 bits per heavy atom. The molecule has 2 atom stereocenters. The monoisotopic (exact) mass is 1470 g/mol. The number of fused-ring (bicyclic) bond motifs is 16. The van der Waals surface area contributed by atoms with Crippen molar-refractivity contribution in [3.05, 3.63) is 478 Å². The first-order valence-electron chi connectivity index (χ1n) is 37.4. The van der Waals surface area contributed by atoms with Crippen LogP contribution in [0.3, 0.4) is 0 Å². The minimum atomic E-state index is -1.15. The number of hydrogen-bond acceptors (Lipinski definition) is 4. The highest BCUT2D eigenvalue weighted by atomic mass is 19.1. The lowest BCUT2D eigenvalue weighted by molar-refractivity contribution is 0.482. The quantitative estimate of drug-likeness (QED) is 0.0900. The Labute approximate surface area is 649 Å². The second-order valence-corrected chi connectivity index (χ2v) is 29.0. The van der Waals surface area contributed by atoms with Crippen LogP contribution in [-0.4, -0.2) is 0 Å². The van der Waals surface area contributed by atoms with Crippen molar-refractivity contribution in [2.75, 3.05) is 9.80 Å². The second kappa shape index (κ2) is 26.5. The van der Waals surface area contributed by atoms with Gasteiger partial charge in [0.15, 0.2) is 0 Å². The lowest BCUT2D eigenvalue weighted by atomic mass is 9.67. The summed E-state index contributed by atoms with van der Waals surface area (Å²) in [5.74, 6) is -1.02. The molecule has 0 heterocycles. The van der Waals surface area contributed by atoms with E-state index in [-0.39, 0.29) is 11.4 Å². The molecule has 0 saturated carbocycles. The van der Waals surface area contributed by atoms with Crippen LogP contribution in [0.15, 0.2) is 365 Å². The van der Waals surface area contributed by atoms with Gasteiger partial charge in [-0.05, 0) is 268 Å². The summed E-state index contributed by atoms with van der Waals surface area (Å²) in [6, 6.07) is 108. The van der Waals surface area contributed by atoms with E-state index in [1.54, 1.807) is 22.0 Å². The number of benzene rings is 16. The molecular formula is C103H64F6N2O2. The highest BCUT2D eigenvalue weighted by Crippen LogP contribution is 2.66. The molecule has 0 saturated heterocycles. The molecule has 2 unspecified atom stereocenters. The standard InChI is InChI=1S/C103H64F6N2O2/c1-3-63-21-43-77(44-22-63)112-79-47-29-67(30-48-79)101(65-25-33-69(104)34-26-65)89-17-9-5-13-81(89)85-51-39-73(59-93(85)101)110(99-57-71(106)37-55-97(99)108)75-41-53-87-83-15-7-11-19-91(83)103(95(87)61-75)92-20-12-8-16-84(92)88-54-42-76(62-96(88)103)111(100-58-72(107)38-56-98(100)109)74-40-52-86-82-14-6-10-18-90(82)102(94(86)60-74,66-27-35-70(105)36-28-66)68-31-49-80(50-32-68)113-78-45-23-64(4-2)24-46-78/h3-62H,1-2H2. The molecule has 16 aromatic carbocycles. The SMILES string of the molecule is C=Cc1ccc(Oc2ccc(C3(c4ccc(F)cc4)c4ccccc4-c4ccc(N(c5ccc6c(c5)C5(c7ccccc7-6)c6ccccc6-c6ccc(N(c7ccc8c(c7)C(c7ccc(F)cc7)(c7ccc(Oc9ccc(C=C)cc9)cc7)c7ccccc7-8)c7cc(F)ccc7F)cc65)c5cc(F)ccc5F)cc43)cc2)cc1. The van der Waals surface area contributed by atoms with E-state index in [9.17, 15) is 0 Å². The van der Waals surface area contributed by atoms with Gasteiger partial charge in [0.25, 0.3) is 0 Å². The average molecular weight is 1480 g/mol. The molecule has 16 aromatic rings. The number of ether oxygens (including phenoxy) is 2.